The number of carbonyl (C=O) groups excluding carboxylic acids is 1. The quantitative estimate of drug-likeness (QED) is 0.625. The van der Waals surface area contributed by atoms with Crippen molar-refractivity contribution in [2.45, 2.75) is 19.3 Å². The van der Waals surface area contributed by atoms with Gasteiger partial charge in [-0.05, 0) is 25.0 Å². The molecule has 3 nitrogen and oxygen atoms in total. The molecule has 1 amide bonds. The smallest absolute Gasteiger partial charge is 0.224 e. The van der Waals surface area contributed by atoms with Gasteiger partial charge >= 0.3 is 0 Å². The molecule has 1 aromatic heterocycles. The Morgan fingerprint density at radius 1 is 1.42 bits per heavy atom. The molecule has 0 aliphatic carbocycles. The second-order valence-corrected chi connectivity index (χ2v) is 2.90. The molecule has 0 aromatic carbocycles. The molecule has 1 N–H and O–H groups in total. The predicted octanol–water partition coefficient (Wildman–Crippen LogP) is 1.36. The number of nitrogens with zero attached hydrogens (tertiary/aromatic N) is 1. The molecule has 2 heterocycles. The number of rotatable bonds is 0. The Hall–Kier alpha value is -1.38. The molecule has 1 aliphatic rings. The summed E-state index contributed by atoms with van der Waals surface area (Å²) in [6.45, 7) is 0. The van der Waals surface area contributed by atoms with Gasteiger partial charge in [0.05, 0.1) is 11.4 Å². The third kappa shape index (κ3) is 1.30. The molecule has 0 unspecified atom stereocenters. The number of amides is 1. The molecule has 0 saturated heterocycles. The van der Waals surface area contributed by atoms with Gasteiger partial charge in [-0.2, -0.15) is 0 Å². The zero-order chi connectivity index (χ0) is 8.39. The molecular weight excluding hydrogens is 152 g/mol. The van der Waals surface area contributed by atoms with Crippen molar-refractivity contribution in [3.63, 3.8) is 0 Å². The lowest BCUT2D eigenvalue weighted by Gasteiger charge is -2.02. The fraction of sp³-hybridized carbons (Fsp3) is 0.333. The van der Waals surface area contributed by atoms with Crippen molar-refractivity contribution in [2.24, 2.45) is 0 Å². The van der Waals surface area contributed by atoms with Gasteiger partial charge in [0.1, 0.15) is 0 Å². The van der Waals surface area contributed by atoms with Gasteiger partial charge < -0.3 is 5.32 Å². The summed E-state index contributed by atoms with van der Waals surface area (Å²) in [5.41, 5.74) is 1.88. The first-order valence-electron chi connectivity index (χ1n) is 4.10. The van der Waals surface area contributed by atoms with Gasteiger partial charge in [-0.3, -0.25) is 9.78 Å². The van der Waals surface area contributed by atoms with Crippen molar-refractivity contribution in [1.82, 2.24) is 4.98 Å². The van der Waals surface area contributed by atoms with Crippen LogP contribution in [0.4, 0.5) is 5.69 Å². The van der Waals surface area contributed by atoms with Crippen molar-refractivity contribution < 1.29 is 4.79 Å². The molecular formula is C9H10N2O. The van der Waals surface area contributed by atoms with E-state index in [1.54, 1.807) is 6.20 Å². The number of pyridine rings is 1. The zero-order valence-electron chi connectivity index (χ0n) is 6.71. The average Bonchev–Trinajstić information content (AvgIpc) is 2.25. The largest absolute Gasteiger partial charge is 0.324 e. The van der Waals surface area contributed by atoms with Gasteiger partial charge in [-0.25, -0.2) is 0 Å². The topological polar surface area (TPSA) is 42.0 Å². The van der Waals surface area contributed by atoms with E-state index in [4.69, 9.17) is 0 Å². The summed E-state index contributed by atoms with van der Waals surface area (Å²) in [5, 5.41) is 2.82. The van der Waals surface area contributed by atoms with Gasteiger partial charge in [0.2, 0.25) is 5.91 Å². The van der Waals surface area contributed by atoms with Crippen LogP contribution in [0.1, 0.15) is 18.5 Å². The maximum atomic E-state index is 11.1. The predicted molar refractivity (Wildman–Crippen MR) is 45.8 cm³/mol. The van der Waals surface area contributed by atoms with E-state index < -0.39 is 0 Å². The Kier molecular flexibility index (Phi) is 1.78. The second kappa shape index (κ2) is 2.93. The summed E-state index contributed by atoms with van der Waals surface area (Å²) < 4.78 is 0. The van der Waals surface area contributed by atoms with Gasteiger partial charge in [0.15, 0.2) is 0 Å². The van der Waals surface area contributed by atoms with Gasteiger partial charge in [0, 0.05) is 12.6 Å². The highest BCUT2D eigenvalue weighted by molar-refractivity contribution is 5.91. The number of carbonyl (C=O) groups is 1. The lowest BCUT2D eigenvalue weighted by atomic mass is 10.2. The van der Waals surface area contributed by atoms with Crippen LogP contribution in [0.2, 0.25) is 0 Å². The first-order chi connectivity index (χ1) is 5.86. The third-order valence-corrected chi connectivity index (χ3v) is 1.98. The second-order valence-electron chi connectivity index (χ2n) is 2.90. The Bertz CT molecular complexity index is 309. The number of fused-ring (bicyclic) bond motifs is 1. The normalized spacial score (nSPS) is 16.2. The van der Waals surface area contributed by atoms with Crippen LogP contribution in [0, 0.1) is 0 Å². The number of nitrogens with one attached hydrogen (secondary N) is 1. The van der Waals surface area contributed by atoms with Crippen molar-refractivity contribution in [3.05, 3.63) is 24.0 Å². The van der Waals surface area contributed by atoms with E-state index in [1.165, 1.54) is 0 Å². The Morgan fingerprint density at radius 2 is 2.33 bits per heavy atom. The Morgan fingerprint density at radius 3 is 3.25 bits per heavy atom. The highest BCUT2D eigenvalue weighted by Crippen LogP contribution is 2.18. The Balaban J connectivity index is 2.37. The van der Waals surface area contributed by atoms with E-state index in [0.717, 1.165) is 24.2 Å². The summed E-state index contributed by atoms with van der Waals surface area (Å²) in [6.07, 6.45) is 4.16. The Labute approximate surface area is 70.8 Å². The third-order valence-electron chi connectivity index (χ3n) is 1.98. The van der Waals surface area contributed by atoms with E-state index in [0.29, 0.717) is 6.42 Å². The zero-order valence-corrected chi connectivity index (χ0v) is 6.71. The number of hydrogen-bond acceptors (Lipinski definition) is 2. The van der Waals surface area contributed by atoms with Crippen LogP contribution in [-0.2, 0) is 11.2 Å². The monoisotopic (exact) mass is 162 g/mol. The van der Waals surface area contributed by atoms with Gasteiger partial charge in [0.25, 0.3) is 0 Å². The number of aromatic nitrogens is 1. The first kappa shape index (κ1) is 7.28. The average molecular weight is 162 g/mol. The van der Waals surface area contributed by atoms with Crippen LogP contribution in [0.5, 0.6) is 0 Å². The molecule has 0 saturated carbocycles. The van der Waals surface area contributed by atoms with Crippen LogP contribution in [0.25, 0.3) is 0 Å². The SMILES string of the molecule is O=C1CCCc2ncccc2N1. The van der Waals surface area contributed by atoms with E-state index >= 15 is 0 Å². The van der Waals surface area contributed by atoms with E-state index in [9.17, 15) is 4.79 Å². The summed E-state index contributed by atoms with van der Waals surface area (Å²) in [6, 6.07) is 3.73. The van der Waals surface area contributed by atoms with Crippen LogP contribution in [0.3, 0.4) is 0 Å². The van der Waals surface area contributed by atoms with Crippen molar-refractivity contribution in [1.29, 1.82) is 0 Å². The van der Waals surface area contributed by atoms with Crippen molar-refractivity contribution in [3.8, 4) is 0 Å². The lowest BCUT2D eigenvalue weighted by Crippen LogP contribution is -2.09. The highest BCUT2D eigenvalue weighted by atomic mass is 16.1. The molecule has 0 bridgehead atoms. The molecule has 0 atom stereocenters. The molecule has 3 heteroatoms. The van der Waals surface area contributed by atoms with Gasteiger partial charge in [-0.1, -0.05) is 0 Å². The lowest BCUT2D eigenvalue weighted by molar-refractivity contribution is -0.116. The van der Waals surface area contributed by atoms with Gasteiger partial charge in [-0.15, -0.1) is 0 Å². The molecule has 1 aromatic rings. The van der Waals surface area contributed by atoms with E-state index in [2.05, 4.69) is 10.3 Å². The minimum atomic E-state index is 0.0988. The maximum absolute atomic E-state index is 11.1. The fourth-order valence-electron chi connectivity index (χ4n) is 1.38. The van der Waals surface area contributed by atoms with E-state index in [-0.39, 0.29) is 5.91 Å². The van der Waals surface area contributed by atoms with Crippen molar-refractivity contribution in [2.75, 3.05) is 5.32 Å². The summed E-state index contributed by atoms with van der Waals surface area (Å²) in [4.78, 5) is 15.3. The molecule has 12 heavy (non-hydrogen) atoms. The maximum Gasteiger partial charge on any atom is 0.224 e. The molecule has 0 radical (unpaired) electrons. The van der Waals surface area contributed by atoms with Crippen LogP contribution in [-0.4, -0.2) is 10.9 Å². The van der Waals surface area contributed by atoms with E-state index in [1.807, 2.05) is 12.1 Å². The minimum absolute atomic E-state index is 0.0988. The molecule has 62 valence electrons. The number of hydrogen-bond donors (Lipinski definition) is 1. The standard InChI is InChI=1S/C9H10N2O/c12-9-5-1-3-7-8(11-9)4-2-6-10-7/h2,4,6H,1,3,5H2,(H,11,12). The van der Waals surface area contributed by atoms with Crippen molar-refractivity contribution >= 4 is 11.6 Å². The fourth-order valence-corrected chi connectivity index (χ4v) is 1.38. The van der Waals surface area contributed by atoms with Crippen LogP contribution in [0.15, 0.2) is 18.3 Å². The van der Waals surface area contributed by atoms with Crippen LogP contribution < -0.4 is 5.32 Å². The van der Waals surface area contributed by atoms with Crippen LogP contribution >= 0.6 is 0 Å². The molecule has 0 spiro atoms. The number of anilines is 1. The molecule has 1 aliphatic heterocycles. The summed E-state index contributed by atoms with van der Waals surface area (Å²) in [5.74, 6) is 0.0988. The summed E-state index contributed by atoms with van der Waals surface area (Å²) >= 11 is 0. The summed E-state index contributed by atoms with van der Waals surface area (Å²) in [7, 11) is 0. The number of aryl methyl sites for hydroxylation is 1. The first-order valence-corrected chi connectivity index (χ1v) is 4.10. The highest BCUT2D eigenvalue weighted by Gasteiger charge is 2.11. The minimum Gasteiger partial charge on any atom is -0.324 e. The molecule has 0 fully saturated rings. The molecule has 2 rings (SSSR count).